The molecule has 0 spiro atoms. The first kappa shape index (κ1) is 6.41. The summed E-state index contributed by atoms with van der Waals surface area (Å²) in [7, 11) is 0. The summed E-state index contributed by atoms with van der Waals surface area (Å²) < 4.78 is 0. The fraction of sp³-hybridized carbons (Fsp3) is 0.500. The molecule has 0 saturated carbocycles. The molecule has 1 nitrogen and oxygen atoms in total. The van der Waals surface area contributed by atoms with Crippen LogP contribution in [0.5, 0.6) is 0 Å². The van der Waals surface area contributed by atoms with Gasteiger partial charge in [-0.05, 0) is 13.8 Å². The van der Waals surface area contributed by atoms with Crippen molar-refractivity contribution in [1.29, 1.82) is 0 Å². The minimum atomic E-state index is 0.189. The third kappa shape index (κ3) is 5.41. The van der Waals surface area contributed by atoms with Crippen molar-refractivity contribution >= 4 is 5.78 Å². The number of ketones is 1. The molecule has 0 N–H and O–H groups in total. The van der Waals surface area contributed by atoms with Gasteiger partial charge >= 0.3 is 0 Å². The average molecular weight is 97.1 g/mol. The zero-order valence-corrected chi connectivity index (χ0v) is 4.69. The Morgan fingerprint density at radius 2 is 2.43 bits per heavy atom. The lowest BCUT2D eigenvalue weighted by Crippen LogP contribution is -1.82. The Morgan fingerprint density at radius 1 is 1.86 bits per heavy atom. The van der Waals surface area contributed by atoms with Gasteiger partial charge in [0.15, 0.2) is 0 Å². The van der Waals surface area contributed by atoms with Gasteiger partial charge in [0.05, 0.1) is 0 Å². The van der Waals surface area contributed by atoms with Crippen molar-refractivity contribution in [2.45, 2.75) is 20.3 Å². The maximum Gasteiger partial charge on any atom is 0.133 e. The second-order valence-electron chi connectivity index (χ2n) is 1.40. The minimum absolute atomic E-state index is 0.189. The molecule has 0 aromatic heterocycles. The molecule has 7 heavy (non-hydrogen) atoms. The van der Waals surface area contributed by atoms with Crippen LogP contribution in [0, 0.1) is 6.08 Å². The molecular formula is C6H9O. The van der Waals surface area contributed by atoms with Gasteiger partial charge in [0.2, 0.25) is 0 Å². The van der Waals surface area contributed by atoms with Gasteiger partial charge in [-0.2, -0.15) is 0 Å². The lowest BCUT2D eigenvalue weighted by atomic mass is 10.3. The highest BCUT2D eigenvalue weighted by Gasteiger charge is 1.81. The van der Waals surface area contributed by atoms with Gasteiger partial charge in [-0.25, -0.2) is 0 Å². The Balaban J connectivity index is 3.14. The van der Waals surface area contributed by atoms with E-state index < -0.39 is 0 Å². The summed E-state index contributed by atoms with van der Waals surface area (Å²) in [5, 5.41) is 0. The maximum absolute atomic E-state index is 10.1. The van der Waals surface area contributed by atoms with Crippen LogP contribution in [-0.4, -0.2) is 5.78 Å². The summed E-state index contributed by atoms with van der Waals surface area (Å²) >= 11 is 0. The number of rotatable bonds is 2. The molecule has 0 atom stereocenters. The van der Waals surface area contributed by atoms with E-state index in [1.165, 1.54) is 0 Å². The zero-order valence-electron chi connectivity index (χ0n) is 4.69. The molecule has 0 amide bonds. The first-order valence-corrected chi connectivity index (χ1v) is 2.25. The van der Waals surface area contributed by atoms with E-state index in [1.54, 1.807) is 19.9 Å². The summed E-state index contributed by atoms with van der Waals surface area (Å²) in [6, 6.07) is 0. The number of hydrogen-bond donors (Lipinski definition) is 0. The molecular weight excluding hydrogens is 88.1 g/mol. The maximum atomic E-state index is 10.1. The smallest absolute Gasteiger partial charge is 0.133 e. The summed E-state index contributed by atoms with van der Waals surface area (Å²) in [5.74, 6) is 0.189. The summed E-state index contributed by atoms with van der Waals surface area (Å²) in [6.45, 7) is 3.34. The van der Waals surface area contributed by atoms with Crippen molar-refractivity contribution in [3.63, 3.8) is 0 Å². The van der Waals surface area contributed by atoms with Crippen LogP contribution in [0.1, 0.15) is 20.3 Å². The molecule has 0 unspecified atom stereocenters. The Labute approximate surface area is 44.0 Å². The third-order valence-electron chi connectivity index (χ3n) is 0.594. The minimum Gasteiger partial charge on any atom is -0.300 e. The Kier molecular flexibility index (Phi) is 3.29. The van der Waals surface area contributed by atoms with Gasteiger partial charge in [0, 0.05) is 6.42 Å². The van der Waals surface area contributed by atoms with E-state index in [4.69, 9.17) is 0 Å². The van der Waals surface area contributed by atoms with E-state index in [-0.39, 0.29) is 5.78 Å². The summed E-state index contributed by atoms with van der Waals surface area (Å²) in [4.78, 5) is 10.1. The van der Waals surface area contributed by atoms with Crippen LogP contribution < -0.4 is 0 Å². The average Bonchev–Trinajstić information content (AvgIpc) is 1.61. The van der Waals surface area contributed by atoms with Gasteiger partial charge in [-0.15, -0.1) is 0 Å². The fourth-order valence-corrected chi connectivity index (χ4v) is 0.246. The van der Waals surface area contributed by atoms with Gasteiger partial charge in [-0.1, -0.05) is 12.2 Å². The Morgan fingerprint density at radius 3 is 2.57 bits per heavy atom. The monoisotopic (exact) mass is 97.1 g/mol. The van der Waals surface area contributed by atoms with Gasteiger partial charge < -0.3 is 0 Å². The largest absolute Gasteiger partial charge is 0.300 e. The van der Waals surface area contributed by atoms with Crippen LogP contribution in [0.4, 0.5) is 0 Å². The Bertz CT molecular complexity index is 82.2. The number of hydrogen-bond acceptors (Lipinski definition) is 1. The molecule has 0 aliphatic carbocycles. The molecule has 1 heteroatoms. The SMILES string of the molecule is C[C]=CCC(C)=O. The van der Waals surface area contributed by atoms with E-state index in [2.05, 4.69) is 6.08 Å². The van der Waals surface area contributed by atoms with E-state index >= 15 is 0 Å². The highest BCUT2D eigenvalue weighted by molar-refractivity contribution is 5.76. The molecule has 0 rings (SSSR count). The molecule has 0 aromatic rings. The number of Topliss-reactive ketones (excluding diaryl/α,β-unsaturated/α-hetero) is 1. The normalized spacial score (nSPS) is 10.0. The van der Waals surface area contributed by atoms with Crippen molar-refractivity contribution in [2.24, 2.45) is 0 Å². The molecule has 0 heterocycles. The second-order valence-corrected chi connectivity index (χ2v) is 1.40. The van der Waals surface area contributed by atoms with Crippen molar-refractivity contribution in [1.82, 2.24) is 0 Å². The zero-order chi connectivity index (χ0) is 5.70. The van der Waals surface area contributed by atoms with Crippen LogP contribution in [-0.2, 0) is 4.79 Å². The van der Waals surface area contributed by atoms with Gasteiger partial charge in [0.25, 0.3) is 0 Å². The molecule has 0 aliphatic rings. The van der Waals surface area contributed by atoms with Crippen LogP contribution in [0.25, 0.3) is 0 Å². The lowest BCUT2D eigenvalue weighted by Gasteiger charge is -1.77. The summed E-state index contributed by atoms with van der Waals surface area (Å²) in [5.41, 5.74) is 0. The highest BCUT2D eigenvalue weighted by Crippen LogP contribution is 1.80. The number of carbonyl (C=O) groups excluding carboxylic acids is 1. The van der Waals surface area contributed by atoms with E-state index in [9.17, 15) is 4.79 Å². The van der Waals surface area contributed by atoms with E-state index in [0.717, 1.165) is 0 Å². The van der Waals surface area contributed by atoms with Crippen LogP contribution in [0.15, 0.2) is 6.08 Å². The van der Waals surface area contributed by atoms with Gasteiger partial charge in [-0.3, -0.25) is 4.79 Å². The fourth-order valence-electron chi connectivity index (χ4n) is 0.246. The first-order chi connectivity index (χ1) is 3.27. The van der Waals surface area contributed by atoms with Gasteiger partial charge in [0.1, 0.15) is 5.78 Å². The number of carbonyl (C=O) groups is 1. The van der Waals surface area contributed by atoms with Crippen LogP contribution in [0.3, 0.4) is 0 Å². The molecule has 0 aliphatic heterocycles. The van der Waals surface area contributed by atoms with Crippen molar-refractivity contribution < 1.29 is 4.79 Å². The molecule has 0 bridgehead atoms. The molecule has 0 saturated heterocycles. The Hall–Kier alpha value is -0.590. The quantitative estimate of drug-likeness (QED) is 0.508. The standard InChI is InChI=1S/C6H9O/c1-3-4-5-6(2)7/h4H,5H2,1-2H3. The summed E-state index contributed by atoms with van der Waals surface area (Å²) in [6.07, 6.45) is 5.00. The van der Waals surface area contributed by atoms with Crippen LogP contribution in [0.2, 0.25) is 0 Å². The van der Waals surface area contributed by atoms with Crippen molar-refractivity contribution in [3.05, 3.63) is 12.2 Å². The number of allylic oxidation sites excluding steroid dienone is 2. The second kappa shape index (κ2) is 3.59. The topological polar surface area (TPSA) is 17.1 Å². The van der Waals surface area contributed by atoms with E-state index in [1.807, 2.05) is 0 Å². The molecule has 0 fully saturated rings. The first-order valence-electron chi connectivity index (χ1n) is 2.25. The van der Waals surface area contributed by atoms with Crippen molar-refractivity contribution in [3.8, 4) is 0 Å². The molecule has 0 aromatic carbocycles. The lowest BCUT2D eigenvalue weighted by molar-refractivity contribution is -0.116. The van der Waals surface area contributed by atoms with Crippen LogP contribution >= 0.6 is 0 Å². The van der Waals surface area contributed by atoms with E-state index in [0.29, 0.717) is 6.42 Å². The highest BCUT2D eigenvalue weighted by atomic mass is 16.1. The predicted molar refractivity (Wildman–Crippen MR) is 28.8 cm³/mol. The third-order valence-corrected chi connectivity index (χ3v) is 0.594. The molecule has 39 valence electrons. The predicted octanol–water partition coefficient (Wildman–Crippen LogP) is 1.34. The van der Waals surface area contributed by atoms with Crippen molar-refractivity contribution in [2.75, 3.05) is 0 Å². The molecule has 1 radical (unpaired) electrons.